The van der Waals surface area contributed by atoms with Gasteiger partial charge in [-0.25, -0.2) is 0 Å². The molecule has 9 nitrogen and oxygen atoms in total. The predicted molar refractivity (Wildman–Crippen MR) is 130 cm³/mol. The molecule has 0 unspecified atom stereocenters. The maximum Gasteiger partial charge on any atom is 0.254 e. The summed E-state index contributed by atoms with van der Waals surface area (Å²) in [6.07, 6.45) is 3.31. The van der Waals surface area contributed by atoms with Gasteiger partial charge in [-0.15, -0.1) is 0 Å². The number of ether oxygens (including phenoxy) is 4. The average Bonchev–Trinajstić information content (AvgIpc) is 2.89. The fraction of sp³-hybridized carbons (Fsp3) is 0.269. The number of hydrogen-bond acceptors (Lipinski definition) is 7. The van der Waals surface area contributed by atoms with Gasteiger partial charge in [0.05, 0.1) is 40.4 Å². The largest absolute Gasteiger partial charge is 0.493 e. The smallest absolute Gasteiger partial charge is 0.254 e. The highest BCUT2D eigenvalue weighted by Crippen LogP contribution is 2.46. The number of benzene rings is 2. The van der Waals surface area contributed by atoms with Gasteiger partial charge in [0.1, 0.15) is 0 Å². The van der Waals surface area contributed by atoms with Crippen molar-refractivity contribution in [3.05, 3.63) is 71.5 Å². The molecular weight excluding hydrogens is 450 g/mol. The lowest BCUT2D eigenvalue weighted by atomic mass is 9.79. The molecule has 35 heavy (non-hydrogen) atoms. The number of likely N-dealkylation sites (N-methyl/N-ethyl adjacent to an activating group) is 1. The van der Waals surface area contributed by atoms with Gasteiger partial charge >= 0.3 is 0 Å². The molecule has 0 fully saturated rings. The zero-order valence-electron chi connectivity index (χ0n) is 20.2. The van der Waals surface area contributed by atoms with E-state index < -0.39 is 12.0 Å². The van der Waals surface area contributed by atoms with E-state index in [-0.39, 0.29) is 11.8 Å². The lowest BCUT2D eigenvalue weighted by molar-refractivity contribution is -0.119. The van der Waals surface area contributed by atoms with Crippen LogP contribution < -0.4 is 24.3 Å². The Morgan fingerprint density at radius 3 is 2.20 bits per heavy atom. The molecule has 2 heterocycles. The molecule has 0 saturated heterocycles. The highest BCUT2D eigenvalue weighted by atomic mass is 16.5. The molecule has 4 rings (SSSR count). The Bertz CT molecular complexity index is 1250. The van der Waals surface area contributed by atoms with Gasteiger partial charge in [0.2, 0.25) is 5.91 Å². The maximum absolute atomic E-state index is 13.9. The number of fused-ring (bicyclic) bond motifs is 1. The SMILES string of the molecule is COc1ccc(NC(=O)[C@@H]2c3cc(OC)c(OC)cc3C(=O)N(C)[C@H]2c2cccnc2)cc1OC. The number of aromatic nitrogens is 1. The van der Waals surface area contributed by atoms with Crippen molar-refractivity contribution in [2.75, 3.05) is 40.8 Å². The van der Waals surface area contributed by atoms with Crippen LogP contribution in [0.15, 0.2) is 54.9 Å². The molecule has 0 saturated carbocycles. The lowest BCUT2D eigenvalue weighted by Gasteiger charge is -2.39. The minimum absolute atomic E-state index is 0.232. The second-order valence-corrected chi connectivity index (χ2v) is 7.98. The number of pyridine rings is 1. The Balaban J connectivity index is 1.84. The minimum atomic E-state index is -0.759. The first-order chi connectivity index (χ1) is 16.9. The zero-order chi connectivity index (χ0) is 25.1. The Morgan fingerprint density at radius 2 is 1.57 bits per heavy atom. The number of methoxy groups -OCH3 is 4. The maximum atomic E-state index is 13.9. The molecule has 0 spiro atoms. The van der Waals surface area contributed by atoms with Crippen molar-refractivity contribution < 1.29 is 28.5 Å². The molecule has 182 valence electrons. The van der Waals surface area contributed by atoms with Crippen LogP contribution in [0.25, 0.3) is 0 Å². The van der Waals surface area contributed by atoms with E-state index in [0.717, 1.165) is 5.56 Å². The van der Waals surface area contributed by atoms with E-state index in [1.54, 1.807) is 67.8 Å². The molecule has 9 heteroatoms. The Kier molecular flexibility index (Phi) is 6.77. The predicted octanol–water partition coefficient (Wildman–Crippen LogP) is 3.67. The molecule has 2 aromatic carbocycles. The third-order valence-electron chi connectivity index (χ3n) is 6.13. The summed E-state index contributed by atoms with van der Waals surface area (Å²) in [4.78, 5) is 33.0. The highest BCUT2D eigenvalue weighted by Gasteiger charge is 2.43. The van der Waals surface area contributed by atoms with Crippen molar-refractivity contribution >= 4 is 17.5 Å². The average molecular weight is 478 g/mol. The molecular formula is C26H27N3O6. The number of nitrogens with one attached hydrogen (secondary N) is 1. The van der Waals surface area contributed by atoms with E-state index in [0.29, 0.717) is 39.8 Å². The van der Waals surface area contributed by atoms with Crippen molar-refractivity contribution in [3.63, 3.8) is 0 Å². The highest BCUT2D eigenvalue weighted by molar-refractivity contribution is 6.05. The van der Waals surface area contributed by atoms with Gasteiger partial charge < -0.3 is 29.2 Å². The fourth-order valence-corrected chi connectivity index (χ4v) is 4.43. The van der Waals surface area contributed by atoms with E-state index in [1.807, 2.05) is 6.07 Å². The monoisotopic (exact) mass is 477 g/mol. The molecule has 0 aliphatic carbocycles. The van der Waals surface area contributed by atoms with Crippen LogP contribution in [0, 0.1) is 0 Å². The third-order valence-corrected chi connectivity index (χ3v) is 6.13. The van der Waals surface area contributed by atoms with Crippen molar-refractivity contribution in [2.45, 2.75) is 12.0 Å². The fourth-order valence-electron chi connectivity index (χ4n) is 4.43. The van der Waals surface area contributed by atoms with Crippen LogP contribution >= 0.6 is 0 Å². The summed E-state index contributed by atoms with van der Waals surface area (Å²) in [5.74, 6) is 0.568. The first kappa shape index (κ1) is 23.9. The summed E-state index contributed by atoms with van der Waals surface area (Å²) in [6.45, 7) is 0. The molecule has 2 atom stereocenters. The molecule has 0 radical (unpaired) electrons. The summed E-state index contributed by atoms with van der Waals surface area (Å²) < 4.78 is 21.5. The minimum Gasteiger partial charge on any atom is -0.493 e. The normalized spacial score (nSPS) is 16.8. The number of anilines is 1. The third kappa shape index (κ3) is 4.32. The second-order valence-electron chi connectivity index (χ2n) is 7.98. The standard InChI is InChI=1S/C26H27N3O6/c1-29-24(15-7-6-10-27-14-15)23(17-12-21(34-4)22(35-5)13-18(17)26(29)31)25(30)28-16-8-9-19(32-2)20(11-16)33-3/h6-14,23-24H,1-5H3,(H,28,30)/t23-,24+/m1/s1. The molecule has 2 amide bonds. The first-order valence-electron chi connectivity index (χ1n) is 10.9. The number of rotatable bonds is 7. The summed E-state index contributed by atoms with van der Waals surface area (Å²) in [7, 11) is 7.76. The number of nitrogens with zero attached hydrogens (tertiary/aromatic N) is 2. The van der Waals surface area contributed by atoms with E-state index in [9.17, 15) is 9.59 Å². The van der Waals surface area contributed by atoms with Crippen LogP contribution in [0.2, 0.25) is 0 Å². The van der Waals surface area contributed by atoms with Crippen LogP contribution in [-0.4, -0.2) is 57.2 Å². The molecule has 1 aliphatic rings. The van der Waals surface area contributed by atoms with Crippen LogP contribution in [0.1, 0.15) is 33.4 Å². The number of hydrogen-bond donors (Lipinski definition) is 1. The first-order valence-corrected chi connectivity index (χ1v) is 10.9. The molecule has 0 bridgehead atoms. The van der Waals surface area contributed by atoms with Gasteiger partial charge in [0, 0.05) is 36.8 Å². The van der Waals surface area contributed by atoms with Crippen LogP contribution in [0.3, 0.4) is 0 Å². The molecule has 1 N–H and O–H groups in total. The van der Waals surface area contributed by atoms with E-state index in [1.165, 1.54) is 21.3 Å². The Hall–Kier alpha value is -4.27. The van der Waals surface area contributed by atoms with Gasteiger partial charge in [0.25, 0.3) is 5.91 Å². The lowest BCUT2D eigenvalue weighted by Crippen LogP contribution is -2.44. The van der Waals surface area contributed by atoms with E-state index in [2.05, 4.69) is 10.3 Å². The second kappa shape index (κ2) is 9.92. The van der Waals surface area contributed by atoms with Crippen molar-refractivity contribution in [1.82, 2.24) is 9.88 Å². The summed E-state index contributed by atoms with van der Waals surface area (Å²) in [5.41, 5.74) is 2.17. The Labute approximate surface area is 203 Å². The Morgan fingerprint density at radius 1 is 0.914 bits per heavy atom. The van der Waals surface area contributed by atoms with Crippen LogP contribution in [0.5, 0.6) is 23.0 Å². The number of amides is 2. The van der Waals surface area contributed by atoms with Gasteiger partial charge in [-0.3, -0.25) is 14.6 Å². The van der Waals surface area contributed by atoms with Crippen LogP contribution in [-0.2, 0) is 4.79 Å². The molecule has 1 aromatic heterocycles. The quantitative estimate of drug-likeness (QED) is 0.554. The summed E-state index contributed by atoms with van der Waals surface area (Å²) in [5, 5.41) is 2.97. The van der Waals surface area contributed by atoms with E-state index >= 15 is 0 Å². The van der Waals surface area contributed by atoms with Gasteiger partial charge in [-0.2, -0.15) is 0 Å². The van der Waals surface area contributed by atoms with Crippen molar-refractivity contribution in [3.8, 4) is 23.0 Å². The summed E-state index contributed by atoms with van der Waals surface area (Å²) in [6, 6.07) is 11.5. The molecule has 3 aromatic rings. The van der Waals surface area contributed by atoms with Gasteiger partial charge in [0.15, 0.2) is 23.0 Å². The van der Waals surface area contributed by atoms with E-state index in [4.69, 9.17) is 18.9 Å². The van der Waals surface area contributed by atoms with Crippen molar-refractivity contribution in [1.29, 1.82) is 0 Å². The number of carbonyl (C=O) groups is 2. The van der Waals surface area contributed by atoms with Crippen molar-refractivity contribution in [2.24, 2.45) is 0 Å². The number of carbonyl (C=O) groups excluding carboxylic acids is 2. The zero-order valence-corrected chi connectivity index (χ0v) is 20.2. The van der Waals surface area contributed by atoms with Crippen LogP contribution in [0.4, 0.5) is 5.69 Å². The van der Waals surface area contributed by atoms with Gasteiger partial charge in [-0.05, 0) is 41.5 Å². The van der Waals surface area contributed by atoms with Gasteiger partial charge in [-0.1, -0.05) is 6.07 Å². The molecule has 1 aliphatic heterocycles. The summed E-state index contributed by atoms with van der Waals surface area (Å²) >= 11 is 0. The topological polar surface area (TPSA) is 99.2 Å².